The lowest BCUT2D eigenvalue weighted by atomic mass is 9.68. The van der Waals surface area contributed by atoms with Gasteiger partial charge in [-0.05, 0) is 39.1 Å². The summed E-state index contributed by atoms with van der Waals surface area (Å²) in [5.41, 5.74) is 3.75. The maximum atomic E-state index is 13.6. The van der Waals surface area contributed by atoms with Gasteiger partial charge < -0.3 is 0 Å². The third kappa shape index (κ3) is 3.72. The molecule has 27 heavy (non-hydrogen) atoms. The molecule has 3 rings (SSSR count). The molecule has 3 aromatic rings. The summed E-state index contributed by atoms with van der Waals surface area (Å²) in [4.78, 5) is 15.6. The van der Waals surface area contributed by atoms with Gasteiger partial charge in [-0.15, -0.1) is 0 Å². The Morgan fingerprint density at radius 2 is 1.26 bits per heavy atom. The second-order valence-corrected chi connectivity index (χ2v) is 7.53. The summed E-state index contributed by atoms with van der Waals surface area (Å²) in [6.45, 7) is 4.26. The van der Waals surface area contributed by atoms with Crippen LogP contribution in [0.5, 0.6) is 0 Å². The smallest absolute Gasteiger partial charge is 0.181 e. The van der Waals surface area contributed by atoms with Crippen LogP contribution in [0.4, 0.5) is 0 Å². The molecular weight excluding hydrogens is 330 g/mol. The third-order valence-electron chi connectivity index (χ3n) is 5.39. The van der Waals surface area contributed by atoms with Crippen molar-refractivity contribution in [1.29, 1.82) is 0 Å². The maximum absolute atomic E-state index is 13.6. The first kappa shape index (κ1) is 19.1. The van der Waals surface area contributed by atoms with Crippen molar-refractivity contribution in [2.75, 3.05) is 14.1 Å². The first-order chi connectivity index (χ1) is 12.9. The van der Waals surface area contributed by atoms with E-state index in [1.165, 1.54) is 5.56 Å². The van der Waals surface area contributed by atoms with Gasteiger partial charge in [-0.3, -0.25) is 9.69 Å². The van der Waals surface area contributed by atoms with Crippen molar-refractivity contribution in [1.82, 2.24) is 4.90 Å². The van der Waals surface area contributed by atoms with Crippen LogP contribution in [0.1, 0.15) is 34.0 Å². The Bertz CT molecular complexity index is 885. The van der Waals surface area contributed by atoms with E-state index in [2.05, 4.69) is 50.2 Å². The fraction of sp³-hybridized carbons (Fsp3) is 0.240. The van der Waals surface area contributed by atoms with E-state index < -0.39 is 5.41 Å². The number of carbonyl (C=O) groups excluding carboxylic acids is 1. The number of Topliss-reactive ketones (excluding diaryl/α,β-unsaturated/α-hetero) is 1. The Morgan fingerprint density at radius 3 is 1.78 bits per heavy atom. The van der Waals surface area contributed by atoms with Crippen LogP contribution < -0.4 is 0 Å². The van der Waals surface area contributed by atoms with Gasteiger partial charge in [-0.1, -0.05) is 90.5 Å². The number of hydrogen-bond acceptors (Lipinski definition) is 2. The van der Waals surface area contributed by atoms with Crippen LogP contribution in [0.15, 0.2) is 84.9 Å². The molecule has 0 unspecified atom stereocenters. The summed E-state index contributed by atoms with van der Waals surface area (Å²) in [5, 5.41) is 0. The van der Waals surface area contributed by atoms with Gasteiger partial charge in [0, 0.05) is 11.0 Å². The first-order valence-corrected chi connectivity index (χ1v) is 9.33. The normalized spacial score (nSPS) is 14.6. The Morgan fingerprint density at radius 1 is 0.778 bits per heavy atom. The summed E-state index contributed by atoms with van der Waals surface area (Å²) < 4.78 is 0. The summed E-state index contributed by atoms with van der Waals surface area (Å²) in [7, 11) is 3.97. The monoisotopic (exact) mass is 357 g/mol. The summed E-state index contributed by atoms with van der Waals surface area (Å²) in [6.07, 6.45) is 0. The molecular formula is C25H27NO. The fourth-order valence-corrected chi connectivity index (χ4v) is 3.94. The van der Waals surface area contributed by atoms with Gasteiger partial charge in [0.25, 0.3) is 0 Å². The molecule has 2 heteroatoms. The van der Waals surface area contributed by atoms with Gasteiger partial charge >= 0.3 is 0 Å². The SMILES string of the molecule is Cc1ccc([C@](C)(c2ccccc2)[C@@H](C(=O)c2ccccc2)N(C)C)cc1. The molecule has 3 aromatic carbocycles. The zero-order valence-electron chi connectivity index (χ0n) is 16.5. The minimum atomic E-state index is -0.481. The Balaban J connectivity index is 2.21. The molecule has 0 amide bonds. The van der Waals surface area contributed by atoms with Crippen LogP contribution in [-0.2, 0) is 5.41 Å². The highest BCUT2D eigenvalue weighted by molar-refractivity contribution is 6.01. The van der Waals surface area contributed by atoms with Crippen molar-refractivity contribution >= 4 is 5.78 Å². The highest BCUT2D eigenvalue weighted by atomic mass is 16.1. The topological polar surface area (TPSA) is 20.3 Å². The minimum Gasteiger partial charge on any atom is -0.298 e. The average Bonchev–Trinajstić information content (AvgIpc) is 2.69. The summed E-state index contributed by atoms with van der Waals surface area (Å²) in [5.74, 6) is 0.132. The number of carbonyl (C=O) groups is 1. The molecule has 0 spiro atoms. The van der Waals surface area contributed by atoms with Crippen LogP contribution in [0.2, 0.25) is 0 Å². The minimum absolute atomic E-state index is 0.132. The van der Waals surface area contributed by atoms with Crippen molar-refractivity contribution in [3.63, 3.8) is 0 Å². The van der Waals surface area contributed by atoms with E-state index >= 15 is 0 Å². The molecule has 0 aliphatic carbocycles. The zero-order valence-corrected chi connectivity index (χ0v) is 16.5. The predicted octanol–water partition coefficient (Wildman–Crippen LogP) is 5.11. The number of aryl methyl sites for hydroxylation is 1. The van der Waals surface area contributed by atoms with Crippen molar-refractivity contribution < 1.29 is 4.79 Å². The predicted molar refractivity (Wildman–Crippen MR) is 112 cm³/mol. The van der Waals surface area contributed by atoms with Gasteiger partial charge in [0.2, 0.25) is 0 Å². The van der Waals surface area contributed by atoms with Gasteiger partial charge in [-0.25, -0.2) is 0 Å². The molecule has 0 N–H and O–H groups in total. The zero-order chi connectivity index (χ0) is 19.4. The standard InChI is InChI=1S/C25H27NO/c1-19-15-17-22(18-16-19)25(2,21-13-9-6-10-14-21)24(26(3)4)23(27)20-11-7-5-8-12-20/h5-18,24H,1-4H3/t24-,25+/m1/s1. The summed E-state index contributed by atoms with van der Waals surface area (Å²) in [6, 6.07) is 28.1. The molecule has 0 bridgehead atoms. The van der Waals surface area contributed by atoms with Crippen molar-refractivity contribution in [2.45, 2.75) is 25.3 Å². The first-order valence-electron chi connectivity index (χ1n) is 9.33. The molecule has 0 aliphatic heterocycles. The van der Waals surface area contributed by atoms with Gasteiger partial charge in [-0.2, -0.15) is 0 Å². The van der Waals surface area contributed by atoms with Crippen molar-refractivity contribution in [3.8, 4) is 0 Å². The van der Waals surface area contributed by atoms with Crippen molar-refractivity contribution in [2.24, 2.45) is 0 Å². The fourth-order valence-electron chi connectivity index (χ4n) is 3.94. The lowest BCUT2D eigenvalue weighted by Crippen LogP contribution is -2.51. The molecule has 0 aromatic heterocycles. The molecule has 2 atom stereocenters. The Kier molecular flexibility index (Phi) is 5.57. The lowest BCUT2D eigenvalue weighted by Gasteiger charge is -2.41. The summed E-state index contributed by atoms with van der Waals surface area (Å²) >= 11 is 0. The molecule has 138 valence electrons. The van der Waals surface area contributed by atoms with Crippen molar-refractivity contribution in [3.05, 3.63) is 107 Å². The number of likely N-dealkylation sites (N-methyl/N-ethyl adjacent to an activating group) is 1. The van der Waals surface area contributed by atoms with Crippen LogP contribution in [0, 0.1) is 6.92 Å². The van der Waals surface area contributed by atoms with Gasteiger partial charge in [0.15, 0.2) is 5.78 Å². The maximum Gasteiger partial charge on any atom is 0.181 e. The molecule has 0 aliphatic rings. The lowest BCUT2D eigenvalue weighted by molar-refractivity contribution is 0.0808. The number of ketones is 1. The van der Waals surface area contributed by atoms with E-state index in [4.69, 9.17) is 0 Å². The molecule has 0 heterocycles. The number of hydrogen-bond donors (Lipinski definition) is 0. The van der Waals surface area contributed by atoms with E-state index in [0.717, 1.165) is 16.7 Å². The largest absolute Gasteiger partial charge is 0.298 e. The average molecular weight is 357 g/mol. The van der Waals surface area contributed by atoms with E-state index in [1.54, 1.807) is 0 Å². The van der Waals surface area contributed by atoms with Crippen LogP contribution in [-0.4, -0.2) is 30.8 Å². The molecule has 0 saturated heterocycles. The second kappa shape index (κ2) is 7.89. The van der Waals surface area contributed by atoms with Crippen LogP contribution in [0.25, 0.3) is 0 Å². The number of nitrogens with zero attached hydrogens (tertiary/aromatic N) is 1. The number of rotatable bonds is 6. The van der Waals surface area contributed by atoms with Crippen LogP contribution >= 0.6 is 0 Å². The molecule has 2 nitrogen and oxygen atoms in total. The van der Waals surface area contributed by atoms with E-state index in [1.807, 2.05) is 67.5 Å². The van der Waals surface area contributed by atoms with E-state index in [-0.39, 0.29) is 11.8 Å². The number of benzene rings is 3. The second-order valence-electron chi connectivity index (χ2n) is 7.53. The quantitative estimate of drug-likeness (QED) is 0.571. The Labute approximate surface area is 162 Å². The molecule has 0 radical (unpaired) electrons. The Hall–Kier alpha value is -2.71. The highest BCUT2D eigenvalue weighted by Crippen LogP contribution is 2.38. The van der Waals surface area contributed by atoms with Crippen LogP contribution in [0.3, 0.4) is 0 Å². The highest BCUT2D eigenvalue weighted by Gasteiger charge is 2.43. The third-order valence-corrected chi connectivity index (χ3v) is 5.39. The van der Waals surface area contributed by atoms with E-state index in [0.29, 0.717) is 0 Å². The molecule has 0 saturated carbocycles. The van der Waals surface area contributed by atoms with Gasteiger partial charge in [0.05, 0.1) is 6.04 Å². The molecule has 0 fully saturated rings. The van der Waals surface area contributed by atoms with Gasteiger partial charge in [0.1, 0.15) is 0 Å². The van der Waals surface area contributed by atoms with E-state index in [9.17, 15) is 4.79 Å².